The predicted octanol–water partition coefficient (Wildman–Crippen LogP) is 5.31. The second-order valence-corrected chi connectivity index (χ2v) is 8.74. The summed E-state index contributed by atoms with van der Waals surface area (Å²) in [5, 5.41) is 3.65. The number of ether oxygens (including phenoxy) is 4. The van der Waals surface area contributed by atoms with E-state index in [9.17, 15) is 4.79 Å². The van der Waals surface area contributed by atoms with Crippen molar-refractivity contribution in [3.63, 3.8) is 0 Å². The minimum absolute atomic E-state index is 0.0829. The van der Waals surface area contributed by atoms with Crippen molar-refractivity contribution in [1.29, 1.82) is 0 Å². The summed E-state index contributed by atoms with van der Waals surface area (Å²) >= 11 is 0. The summed E-state index contributed by atoms with van der Waals surface area (Å²) < 4.78 is 22.0. The van der Waals surface area contributed by atoms with Gasteiger partial charge in [0.25, 0.3) is 0 Å². The lowest BCUT2D eigenvalue weighted by molar-refractivity contribution is -0.145. The van der Waals surface area contributed by atoms with Gasteiger partial charge in [0.15, 0.2) is 6.79 Å². The number of hydrogen-bond acceptors (Lipinski definition) is 6. The van der Waals surface area contributed by atoms with Gasteiger partial charge in [-0.25, -0.2) is 0 Å². The largest absolute Gasteiger partial charge is 0.468 e. The minimum atomic E-state index is -0.842. The first-order chi connectivity index (χ1) is 18.7. The molecule has 0 aromatic heterocycles. The van der Waals surface area contributed by atoms with Crippen molar-refractivity contribution >= 4 is 5.97 Å². The molecule has 0 bridgehead atoms. The SMILES string of the molecule is COCOc1ccccc1COC[C@H](NC(c1ccccc1)(c1ccccc1)c1ccccc1)C(=O)OC. The number of esters is 1. The lowest BCUT2D eigenvalue weighted by Crippen LogP contribution is -2.54. The van der Waals surface area contributed by atoms with E-state index in [-0.39, 0.29) is 20.0 Å². The van der Waals surface area contributed by atoms with Crippen LogP contribution in [0.25, 0.3) is 0 Å². The highest BCUT2D eigenvalue weighted by molar-refractivity contribution is 5.76. The average molecular weight is 512 g/mol. The third-order valence-corrected chi connectivity index (χ3v) is 6.34. The molecule has 1 atom stereocenters. The monoisotopic (exact) mass is 511 g/mol. The molecule has 196 valence electrons. The van der Waals surface area contributed by atoms with Gasteiger partial charge in [-0.05, 0) is 22.8 Å². The van der Waals surface area contributed by atoms with Gasteiger partial charge < -0.3 is 18.9 Å². The summed E-state index contributed by atoms with van der Waals surface area (Å²) in [7, 11) is 2.96. The van der Waals surface area contributed by atoms with Crippen molar-refractivity contribution < 1.29 is 23.7 Å². The van der Waals surface area contributed by atoms with Gasteiger partial charge in [0, 0.05) is 12.7 Å². The topological polar surface area (TPSA) is 66.0 Å². The van der Waals surface area contributed by atoms with Gasteiger partial charge in [-0.3, -0.25) is 10.1 Å². The number of hydrogen-bond donors (Lipinski definition) is 1. The molecule has 0 saturated carbocycles. The summed E-state index contributed by atoms with van der Waals surface area (Å²) in [5.41, 5.74) is 2.98. The van der Waals surface area contributed by atoms with Crippen LogP contribution in [0.2, 0.25) is 0 Å². The first kappa shape index (κ1) is 27.1. The number of rotatable bonds is 13. The van der Waals surface area contributed by atoms with Crippen molar-refractivity contribution in [2.45, 2.75) is 18.2 Å². The fourth-order valence-corrected chi connectivity index (χ4v) is 4.56. The molecular weight excluding hydrogens is 478 g/mol. The fourth-order valence-electron chi connectivity index (χ4n) is 4.56. The molecule has 0 radical (unpaired) electrons. The third-order valence-electron chi connectivity index (χ3n) is 6.34. The molecular formula is C32H33NO5. The number of carbonyl (C=O) groups is 1. The molecule has 0 aliphatic carbocycles. The van der Waals surface area contributed by atoms with Crippen LogP contribution in [-0.2, 0) is 31.2 Å². The van der Waals surface area contributed by atoms with Crippen molar-refractivity contribution in [2.24, 2.45) is 0 Å². The Morgan fingerprint density at radius 3 is 1.74 bits per heavy atom. The highest BCUT2D eigenvalue weighted by Gasteiger charge is 2.40. The lowest BCUT2D eigenvalue weighted by atomic mass is 9.76. The minimum Gasteiger partial charge on any atom is -0.468 e. The zero-order valence-electron chi connectivity index (χ0n) is 21.7. The Balaban J connectivity index is 1.69. The van der Waals surface area contributed by atoms with Crippen molar-refractivity contribution in [1.82, 2.24) is 5.32 Å². The summed E-state index contributed by atoms with van der Waals surface area (Å²) in [6.45, 7) is 0.473. The van der Waals surface area contributed by atoms with Crippen LogP contribution in [0.1, 0.15) is 22.3 Å². The smallest absolute Gasteiger partial charge is 0.325 e. The molecule has 0 heterocycles. The van der Waals surface area contributed by atoms with Gasteiger partial charge >= 0.3 is 5.97 Å². The zero-order valence-corrected chi connectivity index (χ0v) is 21.7. The van der Waals surface area contributed by atoms with Crippen molar-refractivity contribution in [2.75, 3.05) is 27.6 Å². The van der Waals surface area contributed by atoms with Crippen LogP contribution in [-0.4, -0.2) is 39.6 Å². The quantitative estimate of drug-likeness (QED) is 0.149. The molecule has 0 spiro atoms. The summed E-state index contributed by atoms with van der Waals surface area (Å²) in [6.07, 6.45) is 0. The Bertz CT molecular complexity index is 1170. The molecule has 1 N–H and O–H groups in total. The number of carbonyl (C=O) groups excluding carboxylic acids is 1. The summed E-state index contributed by atoms with van der Waals surface area (Å²) in [5.74, 6) is 0.255. The number of nitrogens with one attached hydrogen (secondary N) is 1. The van der Waals surface area contributed by atoms with Gasteiger partial charge in [0.05, 0.1) is 25.9 Å². The Morgan fingerprint density at radius 2 is 1.24 bits per heavy atom. The molecule has 0 saturated heterocycles. The van der Waals surface area contributed by atoms with Crippen LogP contribution in [0.5, 0.6) is 5.75 Å². The molecule has 0 unspecified atom stereocenters. The van der Waals surface area contributed by atoms with Crippen LogP contribution >= 0.6 is 0 Å². The van der Waals surface area contributed by atoms with E-state index < -0.39 is 17.6 Å². The molecule has 0 aliphatic heterocycles. The summed E-state index contributed by atoms with van der Waals surface area (Å²) in [4.78, 5) is 13.1. The predicted molar refractivity (Wildman–Crippen MR) is 147 cm³/mol. The first-order valence-electron chi connectivity index (χ1n) is 12.5. The van der Waals surface area contributed by atoms with Crippen LogP contribution in [0.3, 0.4) is 0 Å². The van der Waals surface area contributed by atoms with E-state index in [1.165, 1.54) is 7.11 Å². The van der Waals surface area contributed by atoms with E-state index in [0.717, 1.165) is 22.3 Å². The Hall–Kier alpha value is -3.97. The molecule has 0 amide bonds. The third kappa shape index (κ3) is 6.29. The van der Waals surface area contributed by atoms with Gasteiger partial charge in [0.2, 0.25) is 0 Å². The zero-order chi connectivity index (χ0) is 26.6. The molecule has 4 aromatic carbocycles. The summed E-state index contributed by atoms with van der Waals surface area (Å²) in [6, 6.07) is 37.1. The van der Waals surface area contributed by atoms with E-state index in [1.54, 1.807) is 7.11 Å². The van der Waals surface area contributed by atoms with Crippen molar-refractivity contribution in [3.8, 4) is 5.75 Å². The van der Waals surface area contributed by atoms with Crippen LogP contribution in [0.4, 0.5) is 0 Å². The highest BCUT2D eigenvalue weighted by atomic mass is 16.7. The van der Waals surface area contributed by atoms with Gasteiger partial charge in [-0.2, -0.15) is 0 Å². The van der Waals surface area contributed by atoms with E-state index >= 15 is 0 Å². The van der Waals surface area contributed by atoms with E-state index in [0.29, 0.717) is 5.75 Å². The molecule has 4 aromatic rings. The van der Waals surface area contributed by atoms with Gasteiger partial charge in [-0.1, -0.05) is 109 Å². The maximum absolute atomic E-state index is 13.1. The first-order valence-corrected chi connectivity index (χ1v) is 12.5. The second-order valence-electron chi connectivity index (χ2n) is 8.74. The Labute approximate surface area is 224 Å². The molecule has 4 rings (SSSR count). The second kappa shape index (κ2) is 13.5. The molecule has 0 fully saturated rings. The maximum atomic E-state index is 13.1. The number of para-hydroxylation sites is 1. The highest BCUT2D eigenvalue weighted by Crippen LogP contribution is 2.37. The number of methoxy groups -OCH3 is 2. The lowest BCUT2D eigenvalue weighted by Gasteiger charge is -2.39. The van der Waals surface area contributed by atoms with Crippen LogP contribution in [0, 0.1) is 0 Å². The van der Waals surface area contributed by atoms with E-state index in [1.807, 2.05) is 78.9 Å². The number of benzene rings is 4. The molecule has 6 heteroatoms. The van der Waals surface area contributed by atoms with Gasteiger partial charge in [-0.15, -0.1) is 0 Å². The molecule has 38 heavy (non-hydrogen) atoms. The van der Waals surface area contributed by atoms with Crippen LogP contribution < -0.4 is 10.1 Å². The van der Waals surface area contributed by atoms with Crippen molar-refractivity contribution in [3.05, 3.63) is 138 Å². The fraction of sp³-hybridized carbons (Fsp3) is 0.219. The standard InChI is InChI=1S/C32H33NO5/c1-35-24-38-30-21-13-12-14-25(30)22-37-23-29(31(34)36-2)33-32(26-15-6-3-7-16-26,27-17-8-4-9-18-27)28-19-10-5-11-20-28/h3-21,29,33H,22-24H2,1-2H3/t29-/m0/s1. The molecule has 6 nitrogen and oxygen atoms in total. The Kier molecular flexibility index (Phi) is 9.65. The van der Waals surface area contributed by atoms with E-state index in [2.05, 4.69) is 41.7 Å². The Morgan fingerprint density at radius 1 is 0.737 bits per heavy atom. The normalized spacial score (nSPS) is 12.1. The molecule has 0 aliphatic rings. The van der Waals surface area contributed by atoms with Gasteiger partial charge in [0.1, 0.15) is 11.8 Å². The maximum Gasteiger partial charge on any atom is 0.325 e. The van der Waals surface area contributed by atoms with Crippen LogP contribution in [0.15, 0.2) is 115 Å². The van der Waals surface area contributed by atoms with E-state index in [4.69, 9.17) is 18.9 Å². The average Bonchev–Trinajstić information content (AvgIpc) is 2.99.